The number of rotatable bonds is 7. The molecule has 1 heterocycles. The van der Waals surface area contributed by atoms with E-state index < -0.39 is 5.97 Å². The first-order valence-corrected chi connectivity index (χ1v) is 9.09. The van der Waals surface area contributed by atoms with Crippen molar-refractivity contribution in [2.45, 2.75) is 19.9 Å². The fourth-order valence-corrected chi connectivity index (χ4v) is 3.54. The van der Waals surface area contributed by atoms with Crippen molar-refractivity contribution >= 4 is 23.0 Å². The molecule has 0 aliphatic carbocycles. The summed E-state index contributed by atoms with van der Waals surface area (Å²) in [6, 6.07) is 18.7. The number of para-hydroxylation sites is 1. The summed E-state index contributed by atoms with van der Waals surface area (Å²) in [7, 11) is 0. The Kier molecular flexibility index (Phi) is 5.46. The maximum absolute atomic E-state index is 10.8. The number of carboxylic acid groups (broad SMARTS) is 1. The lowest BCUT2D eigenvalue weighted by Crippen LogP contribution is -2.21. The number of aliphatic carboxylic acids is 1. The lowest BCUT2D eigenvalue weighted by molar-refractivity contribution is -0.136. The molecule has 0 aliphatic rings. The number of hydrogen-bond acceptors (Lipinski definition) is 4. The number of carboxylic acids is 1. The van der Waals surface area contributed by atoms with Gasteiger partial charge in [0.2, 0.25) is 0 Å². The largest absolute Gasteiger partial charge is 0.481 e. The van der Waals surface area contributed by atoms with Gasteiger partial charge in [-0.1, -0.05) is 36.4 Å². The number of benzene rings is 2. The summed E-state index contributed by atoms with van der Waals surface area (Å²) >= 11 is 1.49. The normalized spacial score (nSPS) is 10.6. The smallest absolute Gasteiger partial charge is 0.309 e. The number of thiazole rings is 1. The summed E-state index contributed by atoms with van der Waals surface area (Å²) in [5.41, 5.74) is 4.05. The Morgan fingerprint density at radius 2 is 1.96 bits per heavy atom. The molecule has 0 saturated carbocycles. The molecule has 0 saturated heterocycles. The van der Waals surface area contributed by atoms with Gasteiger partial charge in [-0.2, -0.15) is 0 Å². The Bertz CT molecular complexity index is 846. The predicted octanol–water partition coefficient (Wildman–Crippen LogP) is 4.46. The van der Waals surface area contributed by atoms with Crippen LogP contribution in [0.2, 0.25) is 0 Å². The van der Waals surface area contributed by atoms with Crippen LogP contribution in [0, 0.1) is 0 Å². The van der Waals surface area contributed by atoms with Gasteiger partial charge in [0.05, 0.1) is 12.1 Å². The van der Waals surface area contributed by atoms with Gasteiger partial charge in [-0.25, -0.2) is 4.98 Å². The molecule has 0 fully saturated rings. The van der Waals surface area contributed by atoms with Crippen LogP contribution in [0.3, 0.4) is 0 Å². The molecule has 0 radical (unpaired) electrons. The molecule has 128 valence electrons. The molecule has 1 aromatic heterocycles. The molecule has 0 bridgehead atoms. The molecule has 0 spiro atoms. The van der Waals surface area contributed by atoms with E-state index in [-0.39, 0.29) is 6.42 Å². The van der Waals surface area contributed by atoms with E-state index in [9.17, 15) is 4.79 Å². The van der Waals surface area contributed by atoms with Crippen molar-refractivity contribution in [3.05, 3.63) is 71.2 Å². The van der Waals surface area contributed by atoms with Crippen LogP contribution in [-0.4, -0.2) is 22.6 Å². The third-order valence-electron chi connectivity index (χ3n) is 3.93. The minimum Gasteiger partial charge on any atom is -0.481 e. The third-order valence-corrected chi connectivity index (χ3v) is 4.87. The standard InChI is InChI=1S/C20H20N2O2S/c1-2-22(18-9-4-3-5-10-18)13-15-7-6-8-16(11-15)20-21-17(14-25-20)12-19(23)24/h3-11,14H,2,12-13H2,1H3,(H,23,24). The van der Waals surface area contributed by atoms with Gasteiger partial charge in [0.15, 0.2) is 0 Å². The number of aromatic nitrogens is 1. The van der Waals surface area contributed by atoms with E-state index in [1.807, 2.05) is 35.7 Å². The SMILES string of the molecule is CCN(Cc1cccc(-c2nc(CC(=O)O)cs2)c1)c1ccccc1. The molecule has 0 amide bonds. The topological polar surface area (TPSA) is 53.4 Å². The molecule has 3 rings (SSSR count). The first-order valence-electron chi connectivity index (χ1n) is 8.21. The van der Waals surface area contributed by atoms with Crippen molar-refractivity contribution in [2.75, 3.05) is 11.4 Å². The van der Waals surface area contributed by atoms with Crippen molar-refractivity contribution < 1.29 is 9.90 Å². The highest BCUT2D eigenvalue weighted by Crippen LogP contribution is 2.26. The van der Waals surface area contributed by atoms with E-state index in [2.05, 4.69) is 41.1 Å². The molecule has 0 atom stereocenters. The zero-order valence-corrected chi connectivity index (χ0v) is 14.9. The molecule has 1 N–H and O–H groups in total. The van der Waals surface area contributed by atoms with E-state index in [4.69, 9.17) is 5.11 Å². The quantitative estimate of drug-likeness (QED) is 0.682. The summed E-state index contributed by atoms with van der Waals surface area (Å²) in [5.74, 6) is -0.855. The van der Waals surface area contributed by atoms with Gasteiger partial charge >= 0.3 is 5.97 Å². The third kappa shape index (κ3) is 4.45. The average Bonchev–Trinajstić information content (AvgIpc) is 3.08. The molecule has 4 nitrogen and oxygen atoms in total. The minimum atomic E-state index is -0.855. The van der Waals surface area contributed by atoms with E-state index in [1.165, 1.54) is 22.6 Å². The van der Waals surface area contributed by atoms with Crippen LogP contribution in [0.25, 0.3) is 10.6 Å². The summed E-state index contributed by atoms with van der Waals surface area (Å²) in [4.78, 5) is 17.6. The maximum atomic E-state index is 10.8. The van der Waals surface area contributed by atoms with Crippen LogP contribution in [0.1, 0.15) is 18.2 Å². The molecule has 25 heavy (non-hydrogen) atoms. The average molecular weight is 352 g/mol. The first-order chi connectivity index (χ1) is 12.2. The molecule has 3 aromatic rings. The van der Waals surface area contributed by atoms with Gasteiger partial charge in [0.1, 0.15) is 5.01 Å². The first kappa shape index (κ1) is 17.2. The number of hydrogen-bond donors (Lipinski definition) is 1. The molecule has 2 aromatic carbocycles. The molecular formula is C20H20N2O2S. The minimum absolute atomic E-state index is 0.0339. The number of anilines is 1. The highest BCUT2D eigenvalue weighted by Gasteiger charge is 2.10. The van der Waals surface area contributed by atoms with Crippen LogP contribution in [0.15, 0.2) is 60.0 Å². The zero-order valence-electron chi connectivity index (χ0n) is 14.1. The van der Waals surface area contributed by atoms with Crippen LogP contribution < -0.4 is 4.90 Å². The van der Waals surface area contributed by atoms with Crippen molar-refractivity contribution in [2.24, 2.45) is 0 Å². The molecular weight excluding hydrogens is 332 g/mol. The Labute approximate surface area is 151 Å². The van der Waals surface area contributed by atoms with Gasteiger partial charge < -0.3 is 10.0 Å². The van der Waals surface area contributed by atoms with Gasteiger partial charge in [-0.05, 0) is 30.7 Å². The van der Waals surface area contributed by atoms with Crippen molar-refractivity contribution in [1.29, 1.82) is 0 Å². The second-order valence-electron chi connectivity index (χ2n) is 5.76. The number of nitrogens with zero attached hydrogens (tertiary/aromatic N) is 2. The predicted molar refractivity (Wildman–Crippen MR) is 102 cm³/mol. The molecule has 5 heteroatoms. The Morgan fingerprint density at radius 1 is 1.16 bits per heavy atom. The fraction of sp³-hybridized carbons (Fsp3) is 0.200. The van der Waals surface area contributed by atoms with Crippen LogP contribution >= 0.6 is 11.3 Å². The van der Waals surface area contributed by atoms with Crippen molar-refractivity contribution in [1.82, 2.24) is 4.98 Å². The fourth-order valence-electron chi connectivity index (χ4n) is 2.72. The maximum Gasteiger partial charge on any atom is 0.309 e. The second kappa shape index (κ2) is 7.94. The molecule has 0 aliphatic heterocycles. The monoisotopic (exact) mass is 352 g/mol. The van der Waals surface area contributed by atoms with Gasteiger partial charge in [0, 0.05) is 29.7 Å². The highest BCUT2D eigenvalue weighted by atomic mass is 32.1. The van der Waals surface area contributed by atoms with Crippen LogP contribution in [0.5, 0.6) is 0 Å². The zero-order chi connectivity index (χ0) is 17.6. The van der Waals surface area contributed by atoms with Crippen molar-refractivity contribution in [3.8, 4) is 10.6 Å². The van der Waals surface area contributed by atoms with Gasteiger partial charge in [-0.3, -0.25) is 4.79 Å². The van der Waals surface area contributed by atoms with Gasteiger partial charge in [-0.15, -0.1) is 11.3 Å². The van der Waals surface area contributed by atoms with Crippen molar-refractivity contribution in [3.63, 3.8) is 0 Å². The Morgan fingerprint density at radius 3 is 2.68 bits per heavy atom. The second-order valence-corrected chi connectivity index (χ2v) is 6.62. The summed E-state index contributed by atoms with van der Waals surface area (Å²) in [6.07, 6.45) is -0.0339. The van der Waals surface area contributed by atoms with E-state index in [0.29, 0.717) is 5.69 Å². The Hall–Kier alpha value is -2.66. The van der Waals surface area contributed by atoms with E-state index in [1.54, 1.807) is 0 Å². The summed E-state index contributed by atoms with van der Waals surface area (Å²) in [5, 5.41) is 11.6. The van der Waals surface area contributed by atoms with E-state index in [0.717, 1.165) is 23.7 Å². The van der Waals surface area contributed by atoms with E-state index >= 15 is 0 Å². The summed E-state index contributed by atoms with van der Waals surface area (Å²) < 4.78 is 0. The van der Waals surface area contributed by atoms with Gasteiger partial charge in [0.25, 0.3) is 0 Å². The summed E-state index contributed by atoms with van der Waals surface area (Å²) in [6.45, 7) is 3.89. The lowest BCUT2D eigenvalue weighted by atomic mass is 10.1. The Balaban J connectivity index is 1.79. The van der Waals surface area contributed by atoms with Crippen LogP contribution in [0.4, 0.5) is 5.69 Å². The van der Waals surface area contributed by atoms with Crippen LogP contribution in [-0.2, 0) is 17.8 Å². The number of carbonyl (C=O) groups is 1. The molecule has 0 unspecified atom stereocenters. The lowest BCUT2D eigenvalue weighted by Gasteiger charge is -2.23. The highest BCUT2D eigenvalue weighted by molar-refractivity contribution is 7.13.